The maximum Gasteiger partial charge on any atom is 0.382 e. The largest absolute Gasteiger partial charge is 0.502 e. The van der Waals surface area contributed by atoms with Crippen LogP contribution in [0.1, 0.15) is 48.0 Å². The van der Waals surface area contributed by atoms with E-state index in [2.05, 4.69) is 6.07 Å². The molecule has 0 radical (unpaired) electrons. The molecule has 1 amide bonds. The number of aromatic hydroxyl groups is 1. The molecule has 4 rings (SSSR count). The first-order chi connectivity index (χ1) is 19.1. The van der Waals surface area contributed by atoms with Crippen LogP contribution in [0, 0.1) is 24.0 Å². The highest BCUT2D eigenvalue weighted by molar-refractivity contribution is 6.12. The van der Waals surface area contributed by atoms with Gasteiger partial charge in [0.05, 0.1) is 16.7 Å². The van der Waals surface area contributed by atoms with Crippen molar-refractivity contribution < 1.29 is 38.3 Å². The number of nitrogens with zero attached hydrogens (tertiary/aromatic N) is 1. The van der Waals surface area contributed by atoms with Gasteiger partial charge in [-0.15, -0.1) is 0 Å². The number of esters is 2. The number of nitrogens with one attached hydrogen (secondary N) is 1. The number of rotatable bonds is 8. The van der Waals surface area contributed by atoms with Gasteiger partial charge in [-0.25, -0.2) is 15.4 Å². The van der Waals surface area contributed by atoms with Crippen LogP contribution in [0.15, 0.2) is 71.3 Å². The number of carbonyl (C=O) groups excluding carboxylic acids is 3. The lowest BCUT2D eigenvalue weighted by molar-refractivity contribution is -0.386. The number of benzene rings is 3. The van der Waals surface area contributed by atoms with Crippen molar-refractivity contribution in [3.05, 3.63) is 111 Å². The zero-order valence-electron chi connectivity index (χ0n) is 21.3. The molecule has 4 aromatic rings. The minimum Gasteiger partial charge on any atom is -0.502 e. The molecule has 1 heterocycles. The van der Waals surface area contributed by atoms with Crippen LogP contribution in [0.25, 0.3) is 11.1 Å². The second kappa shape index (κ2) is 11.5. The van der Waals surface area contributed by atoms with Crippen molar-refractivity contribution in [2.24, 2.45) is 5.84 Å². The number of aryl methyl sites for hydroxylation is 2. The van der Waals surface area contributed by atoms with Crippen molar-refractivity contribution in [2.75, 3.05) is 0 Å². The van der Waals surface area contributed by atoms with Crippen molar-refractivity contribution >= 4 is 23.5 Å². The number of hydrogen-bond acceptors (Lipinski definition) is 10. The Balaban J connectivity index is 1.57. The first-order valence-corrected chi connectivity index (χ1v) is 11.7. The Kier molecular flexibility index (Phi) is 7.91. The molecule has 12 nitrogen and oxygen atoms in total. The summed E-state index contributed by atoms with van der Waals surface area (Å²) in [6, 6.07) is 16.1. The predicted octanol–water partition coefficient (Wildman–Crippen LogP) is 4.36. The smallest absolute Gasteiger partial charge is 0.382 e. The number of hydrogen-bond donors (Lipinski definition) is 3. The summed E-state index contributed by atoms with van der Waals surface area (Å²) in [5.74, 6) is 0.503. The molecular formula is C28H23N3O9. The standard InChI is InChI=1S/C28H23N3O9/c1-15-6-7-18(16(2)12-15)14-39-19-5-3-4-17(13-19)20-10-11-38-25(20)28(35)40-27(34)21-8-9-22(32)24(31(36)37)23(21)26(33)30-29/h3-13,32H,14,29H2,1-2H3,(H,30,33). The van der Waals surface area contributed by atoms with Gasteiger partial charge in [-0.3, -0.25) is 20.3 Å². The molecular weight excluding hydrogens is 522 g/mol. The van der Waals surface area contributed by atoms with E-state index in [1.807, 2.05) is 26.0 Å². The third-order valence-corrected chi connectivity index (χ3v) is 5.99. The zero-order valence-corrected chi connectivity index (χ0v) is 21.3. The molecule has 204 valence electrons. The quantitative estimate of drug-likeness (QED) is 0.0718. The van der Waals surface area contributed by atoms with E-state index in [-0.39, 0.29) is 11.3 Å². The fourth-order valence-corrected chi connectivity index (χ4v) is 4.04. The minimum atomic E-state index is -1.40. The van der Waals surface area contributed by atoms with E-state index < -0.39 is 45.3 Å². The number of phenolic OH excluding ortho intramolecular Hbond substituents is 1. The van der Waals surface area contributed by atoms with Gasteiger partial charge in [0.15, 0.2) is 5.75 Å². The molecule has 0 fully saturated rings. The van der Waals surface area contributed by atoms with Crippen LogP contribution in [0.2, 0.25) is 0 Å². The Morgan fingerprint density at radius 1 is 1.05 bits per heavy atom. The molecule has 0 aliphatic rings. The lowest BCUT2D eigenvalue weighted by Crippen LogP contribution is -2.32. The van der Waals surface area contributed by atoms with Gasteiger partial charge in [0.25, 0.3) is 5.91 Å². The van der Waals surface area contributed by atoms with Crippen LogP contribution in [-0.2, 0) is 11.3 Å². The summed E-state index contributed by atoms with van der Waals surface area (Å²) < 4.78 is 16.1. The summed E-state index contributed by atoms with van der Waals surface area (Å²) in [5.41, 5.74) is 3.09. The van der Waals surface area contributed by atoms with E-state index in [0.717, 1.165) is 28.8 Å². The number of nitro benzene ring substituents is 1. The molecule has 4 N–H and O–H groups in total. The molecule has 40 heavy (non-hydrogen) atoms. The average molecular weight is 546 g/mol. The van der Waals surface area contributed by atoms with Gasteiger partial charge in [0.1, 0.15) is 17.9 Å². The van der Waals surface area contributed by atoms with Crippen molar-refractivity contribution in [1.82, 2.24) is 5.43 Å². The number of amides is 1. The van der Waals surface area contributed by atoms with Crippen LogP contribution < -0.4 is 16.0 Å². The lowest BCUT2D eigenvalue weighted by atomic mass is 10.0. The first-order valence-electron chi connectivity index (χ1n) is 11.7. The number of nitro groups is 1. The summed E-state index contributed by atoms with van der Waals surface area (Å²) >= 11 is 0. The Morgan fingerprint density at radius 2 is 1.82 bits per heavy atom. The Hall–Kier alpha value is -5.49. The number of nitrogens with two attached hydrogens (primary N) is 1. The fourth-order valence-electron chi connectivity index (χ4n) is 4.04. The molecule has 0 aliphatic carbocycles. The summed E-state index contributed by atoms with van der Waals surface area (Å²) in [4.78, 5) is 48.3. The van der Waals surface area contributed by atoms with E-state index in [4.69, 9.17) is 19.7 Å². The van der Waals surface area contributed by atoms with E-state index >= 15 is 0 Å². The van der Waals surface area contributed by atoms with Gasteiger partial charge >= 0.3 is 17.6 Å². The molecule has 0 aliphatic heterocycles. The molecule has 0 saturated heterocycles. The number of nitrogen functional groups attached to an aromatic ring is 1. The highest BCUT2D eigenvalue weighted by Crippen LogP contribution is 2.33. The van der Waals surface area contributed by atoms with E-state index in [1.165, 1.54) is 12.3 Å². The van der Waals surface area contributed by atoms with Crippen molar-refractivity contribution in [1.29, 1.82) is 0 Å². The Labute approximate surface area is 227 Å². The second-order valence-electron chi connectivity index (χ2n) is 8.67. The second-order valence-corrected chi connectivity index (χ2v) is 8.67. The third kappa shape index (κ3) is 5.66. The molecule has 0 atom stereocenters. The number of phenols is 1. The van der Waals surface area contributed by atoms with Crippen LogP contribution in [0.4, 0.5) is 5.69 Å². The third-order valence-electron chi connectivity index (χ3n) is 5.99. The maximum absolute atomic E-state index is 12.9. The van der Waals surface area contributed by atoms with E-state index in [1.54, 1.807) is 29.7 Å². The van der Waals surface area contributed by atoms with Gasteiger partial charge in [0, 0.05) is 5.56 Å². The van der Waals surface area contributed by atoms with Crippen molar-refractivity contribution in [2.45, 2.75) is 20.5 Å². The molecule has 12 heteroatoms. The Bertz CT molecular complexity index is 1640. The first kappa shape index (κ1) is 27.5. The molecule has 0 bridgehead atoms. The normalized spacial score (nSPS) is 10.6. The van der Waals surface area contributed by atoms with Crippen LogP contribution >= 0.6 is 0 Å². The van der Waals surface area contributed by atoms with Gasteiger partial charge in [-0.1, -0.05) is 35.9 Å². The van der Waals surface area contributed by atoms with Gasteiger partial charge in [-0.2, -0.15) is 0 Å². The predicted molar refractivity (Wildman–Crippen MR) is 141 cm³/mol. The molecule has 0 unspecified atom stereocenters. The molecule has 3 aromatic carbocycles. The molecule has 1 aromatic heterocycles. The summed E-state index contributed by atoms with van der Waals surface area (Å²) in [5, 5.41) is 21.3. The van der Waals surface area contributed by atoms with E-state index in [0.29, 0.717) is 17.9 Å². The number of furan rings is 1. The number of ether oxygens (including phenoxy) is 2. The van der Waals surface area contributed by atoms with Crippen molar-refractivity contribution in [3.8, 4) is 22.6 Å². The highest BCUT2D eigenvalue weighted by Gasteiger charge is 2.33. The summed E-state index contributed by atoms with van der Waals surface area (Å²) in [6.45, 7) is 4.32. The fraction of sp³-hybridized carbons (Fsp3) is 0.107. The maximum atomic E-state index is 12.9. The highest BCUT2D eigenvalue weighted by atomic mass is 16.6. The SMILES string of the molecule is Cc1ccc(COc2cccc(-c3ccoc3C(=O)OC(=O)c3ccc(O)c([N+](=O)[O-])c3C(=O)NN)c2)c(C)c1. The van der Waals surface area contributed by atoms with Crippen LogP contribution in [-0.4, -0.2) is 27.9 Å². The van der Waals surface area contributed by atoms with Gasteiger partial charge < -0.3 is 19.0 Å². The zero-order chi connectivity index (χ0) is 29.0. The summed E-state index contributed by atoms with van der Waals surface area (Å²) in [6.07, 6.45) is 1.22. The average Bonchev–Trinajstić information content (AvgIpc) is 3.42. The number of hydrazine groups is 1. The van der Waals surface area contributed by atoms with Gasteiger partial charge in [-0.05, 0) is 60.9 Å². The monoisotopic (exact) mass is 545 g/mol. The lowest BCUT2D eigenvalue weighted by Gasteiger charge is -2.11. The van der Waals surface area contributed by atoms with Crippen molar-refractivity contribution in [3.63, 3.8) is 0 Å². The Morgan fingerprint density at radius 3 is 2.52 bits per heavy atom. The van der Waals surface area contributed by atoms with Crippen LogP contribution in [0.3, 0.4) is 0 Å². The minimum absolute atomic E-state index is 0.284. The van der Waals surface area contributed by atoms with Crippen LogP contribution in [0.5, 0.6) is 11.5 Å². The van der Waals surface area contributed by atoms with E-state index in [9.17, 15) is 29.6 Å². The summed E-state index contributed by atoms with van der Waals surface area (Å²) in [7, 11) is 0. The molecule has 0 saturated carbocycles. The van der Waals surface area contributed by atoms with Gasteiger partial charge in [0.2, 0.25) is 5.76 Å². The molecule has 0 spiro atoms. The topological polar surface area (TPSA) is 184 Å². The number of carbonyl (C=O) groups is 3.